The van der Waals surface area contributed by atoms with Gasteiger partial charge in [-0.15, -0.1) is 0 Å². The van der Waals surface area contributed by atoms with Crippen molar-refractivity contribution in [3.05, 3.63) is 28.8 Å². The second-order valence-electron chi connectivity index (χ2n) is 5.93. The zero-order valence-electron chi connectivity index (χ0n) is 14.2. The Hall–Kier alpha value is -2.15. The van der Waals surface area contributed by atoms with E-state index in [0.717, 1.165) is 25.9 Å². The number of likely N-dealkylation sites (tertiary alicyclic amines) is 1. The van der Waals surface area contributed by atoms with Crippen LogP contribution in [0.1, 0.15) is 42.5 Å². The van der Waals surface area contributed by atoms with E-state index in [4.69, 9.17) is 32.6 Å². The zero-order valence-corrected chi connectivity index (χ0v) is 15.0. The van der Waals surface area contributed by atoms with Crippen LogP contribution in [0.4, 0.5) is 0 Å². The van der Waals surface area contributed by atoms with Gasteiger partial charge in [-0.05, 0) is 36.2 Å². The Morgan fingerprint density at radius 1 is 1.12 bits per heavy atom. The number of nitrogens with two attached hydrogens (primary N) is 2. The van der Waals surface area contributed by atoms with Crippen molar-refractivity contribution < 1.29 is 14.4 Å². The highest BCUT2D eigenvalue weighted by Crippen LogP contribution is 2.23. The van der Waals surface area contributed by atoms with Crippen LogP contribution in [-0.2, 0) is 4.84 Å². The first-order valence-electron chi connectivity index (χ1n) is 8.50. The average Bonchev–Trinajstić information content (AvgIpc) is 2.86. The van der Waals surface area contributed by atoms with Gasteiger partial charge in [-0.3, -0.25) is 4.79 Å². The number of hydrogen-bond acceptors (Lipinski definition) is 4. The maximum Gasteiger partial charge on any atom is 0.254 e. The minimum atomic E-state index is -0.118. The van der Waals surface area contributed by atoms with Gasteiger partial charge in [-0.1, -0.05) is 24.4 Å². The lowest BCUT2D eigenvalue weighted by molar-refractivity contribution is 0.0761. The van der Waals surface area contributed by atoms with E-state index in [1.165, 1.54) is 12.8 Å². The lowest BCUT2D eigenvalue weighted by Gasteiger charge is -2.20. The van der Waals surface area contributed by atoms with Gasteiger partial charge in [0.2, 0.25) is 5.96 Å². The Labute approximate surface area is 152 Å². The molecule has 1 aliphatic heterocycles. The van der Waals surface area contributed by atoms with Crippen molar-refractivity contribution in [3.63, 3.8) is 0 Å². The van der Waals surface area contributed by atoms with Crippen molar-refractivity contribution in [2.24, 2.45) is 16.6 Å². The molecule has 7 nitrogen and oxygen atoms in total. The van der Waals surface area contributed by atoms with E-state index in [1.54, 1.807) is 18.2 Å². The normalized spacial score (nSPS) is 14.5. The number of halogens is 1. The molecule has 1 heterocycles. The van der Waals surface area contributed by atoms with Crippen LogP contribution in [0.25, 0.3) is 0 Å². The van der Waals surface area contributed by atoms with Crippen molar-refractivity contribution in [2.75, 3.05) is 26.3 Å². The van der Waals surface area contributed by atoms with Crippen LogP contribution in [0.5, 0.6) is 5.75 Å². The highest BCUT2D eigenvalue weighted by atomic mass is 35.5. The Kier molecular flexibility index (Phi) is 7.66. The molecule has 8 heteroatoms. The highest BCUT2D eigenvalue weighted by molar-refractivity contribution is 6.31. The molecule has 4 N–H and O–H groups in total. The molecule has 25 heavy (non-hydrogen) atoms. The summed E-state index contributed by atoms with van der Waals surface area (Å²) in [7, 11) is 0. The smallest absolute Gasteiger partial charge is 0.254 e. The maximum absolute atomic E-state index is 12.7. The van der Waals surface area contributed by atoms with E-state index < -0.39 is 0 Å². The van der Waals surface area contributed by atoms with Crippen molar-refractivity contribution in [3.8, 4) is 5.75 Å². The summed E-state index contributed by atoms with van der Waals surface area (Å²) in [4.78, 5) is 19.5. The van der Waals surface area contributed by atoms with Gasteiger partial charge >= 0.3 is 0 Å². The summed E-state index contributed by atoms with van der Waals surface area (Å²) in [6, 6.07) is 5.11. The van der Waals surface area contributed by atoms with Gasteiger partial charge in [0.1, 0.15) is 12.4 Å². The molecule has 1 aliphatic rings. The number of nitrogens with zero attached hydrogens (tertiary/aromatic N) is 2. The molecule has 1 saturated heterocycles. The fraction of sp³-hybridized carbons (Fsp3) is 0.529. The summed E-state index contributed by atoms with van der Waals surface area (Å²) in [5.74, 6) is 0.449. The highest BCUT2D eigenvalue weighted by Gasteiger charge is 2.18. The van der Waals surface area contributed by atoms with Crippen molar-refractivity contribution in [1.82, 2.24) is 4.90 Å². The minimum Gasteiger partial charge on any atom is -0.493 e. The quantitative estimate of drug-likeness (QED) is 0.333. The summed E-state index contributed by atoms with van der Waals surface area (Å²) < 4.78 is 5.65. The van der Waals surface area contributed by atoms with Crippen LogP contribution < -0.4 is 16.2 Å². The fourth-order valence-corrected chi connectivity index (χ4v) is 2.88. The lowest BCUT2D eigenvalue weighted by Crippen LogP contribution is -2.31. The van der Waals surface area contributed by atoms with E-state index in [0.29, 0.717) is 36.0 Å². The molecule has 2 rings (SSSR count). The fourth-order valence-electron chi connectivity index (χ4n) is 2.66. The summed E-state index contributed by atoms with van der Waals surface area (Å²) in [6.45, 7) is 2.32. The van der Waals surface area contributed by atoms with E-state index in [2.05, 4.69) is 5.16 Å². The van der Waals surface area contributed by atoms with Crippen LogP contribution >= 0.6 is 11.6 Å². The average molecular weight is 369 g/mol. The van der Waals surface area contributed by atoms with Crippen LogP contribution in [-0.4, -0.2) is 43.1 Å². The lowest BCUT2D eigenvalue weighted by atomic mass is 10.2. The Morgan fingerprint density at radius 2 is 1.84 bits per heavy atom. The largest absolute Gasteiger partial charge is 0.493 e. The number of hydrogen-bond donors (Lipinski definition) is 2. The first kappa shape index (κ1) is 19.2. The molecule has 0 aliphatic carbocycles. The molecular weight excluding hydrogens is 344 g/mol. The number of guanidine groups is 1. The standard InChI is InChI=1S/C17H25ClN4O3/c18-14-10-13(16(23)22-6-3-1-2-4-7-22)11-15(12-14)24-8-5-9-25-21-17(19)20/h10-12H,1-9H2,(H4,19,20,21). The molecule has 0 aromatic heterocycles. The summed E-state index contributed by atoms with van der Waals surface area (Å²) >= 11 is 6.14. The molecule has 1 aromatic rings. The van der Waals surface area contributed by atoms with Crippen LogP contribution in [0.2, 0.25) is 5.02 Å². The summed E-state index contributed by atoms with van der Waals surface area (Å²) in [5.41, 5.74) is 10.9. The van der Waals surface area contributed by atoms with E-state index >= 15 is 0 Å². The first-order valence-corrected chi connectivity index (χ1v) is 8.87. The first-order chi connectivity index (χ1) is 12.1. The molecule has 138 valence electrons. The predicted octanol–water partition coefficient (Wildman–Crippen LogP) is 2.33. The number of oxime groups is 1. The molecular formula is C17H25ClN4O3. The number of benzene rings is 1. The number of carbonyl (C=O) groups is 1. The molecule has 1 aromatic carbocycles. The van der Waals surface area contributed by atoms with Gasteiger partial charge in [0, 0.05) is 30.1 Å². The Bertz CT molecular complexity index is 598. The third kappa shape index (κ3) is 6.70. The minimum absolute atomic E-state index is 0.00495. The van der Waals surface area contributed by atoms with Gasteiger partial charge in [0.05, 0.1) is 6.61 Å². The Morgan fingerprint density at radius 3 is 2.52 bits per heavy atom. The van der Waals surface area contributed by atoms with E-state index in [9.17, 15) is 4.79 Å². The number of rotatable bonds is 7. The number of ether oxygens (including phenoxy) is 1. The molecule has 0 radical (unpaired) electrons. The molecule has 1 fully saturated rings. The monoisotopic (exact) mass is 368 g/mol. The molecule has 1 amide bonds. The van der Waals surface area contributed by atoms with Crippen molar-refractivity contribution >= 4 is 23.5 Å². The van der Waals surface area contributed by atoms with E-state index in [-0.39, 0.29) is 11.9 Å². The zero-order chi connectivity index (χ0) is 18.1. The predicted molar refractivity (Wildman–Crippen MR) is 97.7 cm³/mol. The Balaban J connectivity index is 1.90. The number of carbonyl (C=O) groups excluding carboxylic acids is 1. The van der Waals surface area contributed by atoms with Gasteiger partial charge in [-0.25, -0.2) is 0 Å². The van der Waals surface area contributed by atoms with Crippen LogP contribution in [0.15, 0.2) is 23.4 Å². The maximum atomic E-state index is 12.7. The van der Waals surface area contributed by atoms with Crippen LogP contribution in [0, 0.1) is 0 Å². The second-order valence-corrected chi connectivity index (χ2v) is 6.37. The number of amides is 1. The summed E-state index contributed by atoms with van der Waals surface area (Å²) in [6.07, 6.45) is 5.04. The van der Waals surface area contributed by atoms with E-state index in [1.807, 2.05) is 4.90 Å². The summed E-state index contributed by atoms with van der Waals surface area (Å²) in [5, 5.41) is 3.90. The van der Waals surface area contributed by atoms with Gasteiger partial charge < -0.3 is 25.9 Å². The van der Waals surface area contributed by atoms with Crippen molar-refractivity contribution in [2.45, 2.75) is 32.1 Å². The van der Waals surface area contributed by atoms with Crippen LogP contribution in [0.3, 0.4) is 0 Å². The van der Waals surface area contributed by atoms with Gasteiger partial charge in [-0.2, -0.15) is 0 Å². The van der Waals surface area contributed by atoms with Crippen molar-refractivity contribution in [1.29, 1.82) is 0 Å². The molecule has 0 saturated carbocycles. The van der Waals surface area contributed by atoms with Gasteiger partial charge in [0.25, 0.3) is 5.91 Å². The molecule has 0 bridgehead atoms. The third-order valence-electron chi connectivity index (χ3n) is 3.83. The second kappa shape index (κ2) is 9.98. The third-order valence-corrected chi connectivity index (χ3v) is 4.05. The SMILES string of the molecule is NC(N)=NOCCCOc1cc(Cl)cc(C(=O)N2CCCCCC2)c1. The molecule has 0 atom stereocenters. The molecule has 0 unspecified atom stereocenters. The molecule has 0 spiro atoms. The van der Waals surface area contributed by atoms with Gasteiger partial charge in [0.15, 0.2) is 0 Å². The topological polar surface area (TPSA) is 103 Å².